The van der Waals surface area contributed by atoms with Gasteiger partial charge in [-0.1, -0.05) is 0 Å². The van der Waals surface area contributed by atoms with Crippen molar-refractivity contribution < 1.29 is 14.4 Å². The molecule has 1 aromatic heterocycles. The molecular weight excluding hydrogens is 322 g/mol. The number of amides is 3. The number of likely N-dealkylation sites (tertiary alicyclic amines) is 1. The van der Waals surface area contributed by atoms with Gasteiger partial charge in [-0.3, -0.25) is 14.4 Å². The molecule has 1 aliphatic rings. The highest BCUT2D eigenvalue weighted by Crippen LogP contribution is 2.20. The van der Waals surface area contributed by atoms with E-state index in [4.69, 9.17) is 5.73 Å². The van der Waals surface area contributed by atoms with Gasteiger partial charge in [0.05, 0.1) is 11.6 Å². The Bertz CT molecular complexity index is 812. The van der Waals surface area contributed by atoms with E-state index in [2.05, 4.69) is 10.4 Å². The summed E-state index contributed by atoms with van der Waals surface area (Å²) < 4.78 is 1.53. The van der Waals surface area contributed by atoms with Crippen molar-refractivity contribution in [1.82, 2.24) is 14.7 Å². The van der Waals surface area contributed by atoms with Crippen molar-refractivity contribution in [3.8, 4) is 5.69 Å². The molecule has 8 heteroatoms. The normalized spacial score (nSPS) is 16.9. The largest absolute Gasteiger partial charge is 0.364 e. The zero-order chi connectivity index (χ0) is 18.0. The molecule has 2 heterocycles. The van der Waals surface area contributed by atoms with Crippen molar-refractivity contribution in [3.63, 3.8) is 0 Å². The third kappa shape index (κ3) is 3.52. The van der Waals surface area contributed by atoms with Gasteiger partial charge < -0.3 is 16.0 Å². The second-order valence-electron chi connectivity index (χ2n) is 5.88. The molecule has 3 N–H and O–H groups in total. The van der Waals surface area contributed by atoms with Crippen LogP contribution in [0.15, 0.2) is 36.5 Å². The SMILES string of the molecule is CCN1CC(C(=O)Nc2ccc(-n3ccc(C(N)=O)n3)cc2)CC1=O. The fourth-order valence-corrected chi connectivity index (χ4v) is 2.79. The summed E-state index contributed by atoms with van der Waals surface area (Å²) in [7, 11) is 0. The van der Waals surface area contributed by atoms with Crippen LogP contribution in [0.3, 0.4) is 0 Å². The number of hydrogen-bond donors (Lipinski definition) is 2. The summed E-state index contributed by atoms with van der Waals surface area (Å²) in [4.78, 5) is 36.8. The van der Waals surface area contributed by atoms with Crippen LogP contribution in [-0.2, 0) is 9.59 Å². The molecule has 3 rings (SSSR count). The minimum absolute atomic E-state index is 0.0157. The third-order valence-electron chi connectivity index (χ3n) is 4.21. The fourth-order valence-electron chi connectivity index (χ4n) is 2.79. The molecule has 1 unspecified atom stereocenters. The van der Waals surface area contributed by atoms with Gasteiger partial charge in [0, 0.05) is 31.4 Å². The van der Waals surface area contributed by atoms with Crippen LogP contribution in [-0.4, -0.2) is 45.5 Å². The number of primary amides is 1. The number of nitrogens with one attached hydrogen (secondary N) is 1. The topological polar surface area (TPSA) is 110 Å². The van der Waals surface area contributed by atoms with E-state index in [1.165, 1.54) is 10.7 Å². The molecule has 0 spiro atoms. The van der Waals surface area contributed by atoms with Gasteiger partial charge in [0.2, 0.25) is 11.8 Å². The molecule has 0 bridgehead atoms. The van der Waals surface area contributed by atoms with Gasteiger partial charge in [0.15, 0.2) is 0 Å². The summed E-state index contributed by atoms with van der Waals surface area (Å²) in [5.74, 6) is -1.06. The van der Waals surface area contributed by atoms with Crippen LogP contribution in [0.1, 0.15) is 23.8 Å². The van der Waals surface area contributed by atoms with Gasteiger partial charge in [-0.05, 0) is 37.3 Å². The molecule has 3 amide bonds. The van der Waals surface area contributed by atoms with Crippen LogP contribution in [0.25, 0.3) is 5.69 Å². The molecule has 0 radical (unpaired) electrons. The molecule has 8 nitrogen and oxygen atoms in total. The lowest BCUT2D eigenvalue weighted by Gasteiger charge is -2.13. The van der Waals surface area contributed by atoms with E-state index < -0.39 is 5.91 Å². The maximum absolute atomic E-state index is 12.3. The molecule has 0 aliphatic carbocycles. The van der Waals surface area contributed by atoms with Crippen molar-refractivity contribution in [2.45, 2.75) is 13.3 Å². The van der Waals surface area contributed by atoms with E-state index in [1.54, 1.807) is 35.4 Å². The molecule has 2 aromatic rings. The van der Waals surface area contributed by atoms with Crippen LogP contribution >= 0.6 is 0 Å². The van der Waals surface area contributed by atoms with Crippen LogP contribution in [0.4, 0.5) is 5.69 Å². The minimum Gasteiger partial charge on any atom is -0.364 e. The van der Waals surface area contributed by atoms with Crippen molar-refractivity contribution in [1.29, 1.82) is 0 Å². The minimum atomic E-state index is -0.588. The molecule has 0 saturated carbocycles. The van der Waals surface area contributed by atoms with Gasteiger partial charge in [-0.2, -0.15) is 5.10 Å². The van der Waals surface area contributed by atoms with E-state index in [1.807, 2.05) is 6.92 Å². The number of aromatic nitrogens is 2. The number of nitrogens with two attached hydrogens (primary N) is 1. The van der Waals surface area contributed by atoms with Crippen molar-refractivity contribution in [3.05, 3.63) is 42.2 Å². The number of rotatable bonds is 5. The Balaban J connectivity index is 1.65. The first-order chi connectivity index (χ1) is 12.0. The van der Waals surface area contributed by atoms with Crippen molar-refractivity contribution >= 4 is 23.4 Å². The Hall–Kier alpha value is -3.16. The maximum atomic E-state index is 12.3. The Morgan fingerprint density at radius 1 is 1.28 bits per heavy atom. The molecule has 130 valence electrons. The average Bonchev–Trinajstić information content (AvgIpc) is 3.22. The molecule has 1 saturated heterocycles. The first-order valence-corrected chi connectivity index (χ1v) is 8.02. The Kier molecular flexibility index (Phi) is 4.51. The third-order valence-corrected chi connectivity index (χ3v) is 4.21. The van der Waals surface area contributed by atoms with Gasteiger partial charge in [-0.15, -0.1) is 0 Å². The van der Waals surface area contributed by atoms with E-state index in [0.717, 1.165) is 5.69 Å². The van der Waals surface area contributed by atoms with E-state index in [-0.39, 0.29) is 29.8 Å². The number of nitrogens with zero attached hydrogens (tertiary/aromatic N) is 3. The molecular formula is C17H19N5O3. The monoisotopic (exact) mass is 341 g/mol. The number of carbonyl (C=O) groups excluding carboxylic acids is 3. The first-order valence-electron chi connectivity index (χ1n) is 8.02. The molecule has 25 heavy (non-hydrogen) atoms. The fraction of sp³-hybridized carbons (Fsp3) is 0.294. The highest BCUT2D eigenvalue weighted by molar-refractivity contribution is 5.97. The molecule has 1 fully saturated rings. The number of anilines is 1. The second-order valence-corrected chi connectivity index (χ2v) is 5.88. The van der Waals surface area contributed by atoms with Crippen molar-refractivity contribution in [2.24, 2.45) is 11.7 Å². The van der Waals surface area contributed by atoms with Gasteiger partial charge in [-0.25, -0.2) is 4.68 Å². The van der Waals surface area contributed by atoms with Gasteiger partial charge >= 0.3 is 0 Å². The summed E-state index contributed by atoms with van der Waals surface area (Å²) >= 11 is 0. The summed E-state index contributed by atoms with van der Waals surface area (Å²) in [6.45, 7) is 2.98. The molecule has 1 atom stereocenters. The van der Waals surface area contributed by atoms with Crippen LogP contribution < -0.4 is 11.1 Å². The number of benzene rings is 1. The number of carbonyl (C=O) groups is 3. The lowest BCUT2D eigenvalue weighted by atomic mass is 10.1. The Labute approximate surface area is 144 Å². The highest BCUT2D eigenvalue weighted by Gasteiger charge is 2.33. The standard InChI is InChI=1S/C17H19N5O3/c1-2-21-10-11(9-15(21)23)17(25)19-12-3-5-13(6-4-12)22-8-7-14(20-22)16(18)24/h3-8,11H,2,9-10H2,1H3,(H2,18,24)(H,19,25). The Morgan fingerprint density at radius 2 is 2.00 bits per heavy atom. The predicted molar refractivity (Wildman–Crippen MR) is 91.1 cm³/mol. The average molecular weight is 341 g/mol. The molecule has 1 aliphatic heterocycles. The highest BCUT2D eigenvalue weighted by atomic mass is 16.2. The quantitative estimate of drug-likeness (QED) is 0.837. The number of hydrogen-bond acceptors (Lipinski definition) is 4. The lowest BCUT2D eigenvalue weighted by Crippen LogP contribution is -2.28. The van der Waals surface area contributed by atoms with E-state index in [9.17, 15) is 14.4 Å². The van der Waals surface area contributed by atoms with Crippen LogP contribution in [0.5, 0.6) is 0 Å². The van der Waals surface area contributed by atoms with Crippen LogP contribution in [0, 0.1) is 5.92 Å². The maximum Gasteiger partial charge on any atom is 0.269 e. The van der Waals surface area contributed by atoms with E-state index in [0.29, 0.717) is 18.8 Å². The van der Waals surface area contributed by atoms with Gasteiger partial charge in [0.25, 0.3) is 5.91 Å². The summed E-state index contributed by atoms with van der Waals surface area (Å²) in [6, 6.07) is 8.56. The van der Waals surface area contributed by atoms with Crippen LogP contribution in [0.2, 0.25) is 0 Å². The van der Waals surface area contributed by atoms with E-state index >= 15 is 0 Å². The lowest BCUT2D eigenvalue weighted by molar-refractivity contribution is -0.128. The summed E-state index contributed by atoms with van der Waals surface area (Å²) in [5, 5.41) is 6.90. The summed E-state index contributed by atoms with van der Waals surface area (Å²) in [6.07, 6.45) is 1.89. The second kappa shape index (κ2) is 6.76. The molecule has 1 aromatic carbocycles. The zero-order valence-electron chi connectivity index (χ0n) is 13.8. The summed E-state index contributed by atoms with van der Waals surface area (Å²) in [5.41, 5.74) is 6.74. The van der Waals surface area contributed by atoms with Crippen molar-refractivity contribution in [2.75, 3.05) is 18.4 Å². The predicted octanol–water partition coefficient (Wildman–Crippen LogP) is 0.778. The zero-order valence-corrected chi connectivity index (χ0v) is 13.8. The first kappa shape index (κ1) is 16.7. The smallest absolute Gasteiger partial charge is 0.269 e. The Morgan fingerprint density at radius 3 is 2.56 bits per heavy atom. The van der Waals surface area contributed by atoms with Gasteiger partial charge in [0.1, 0.15) is 5.69 Å².